The molecule has 25 heavy (non-hydrogen) atoms. The Labute approximate surface area is 150 Å². The van der Waals surface area contributed by atoms with Crippen LogP contribution in [0, 0.1) is 6.92 Å². The van der Waals surface area contributed by atoms with Gasteiger partial charge in [0.15, 0.2) is 5.76 Å². The van der Waals surface area contributed by atoms with Crippen molar-refractivity contribution in [3.05, 3.63) is 58.0 Å². The molecule has 0 unspecified atom stereocenters. The summed E-state index contributed by atoms with van der Waals surface area (Å²) < 4.78 is 5.72. The Hall–Kier alpha value is -2.03. The fourth-order valence-corrected chi connectivity index (χ4v) is 3.86. The van der Waals surface area contributed by atoms with Crippen LogP contribution in [0.1, 0.15) is 79.1 Å². The highest BCUT2D eigenvalue weighted by Crippen LogP contribution is 2.46. The minimum Gasteiger partial charge on any atom is -0.456 e. The van der Waals surface area contributed by atoms with Crippen LogP contribution in [0.5, 0.6) is 0 Å². The molecule has 1 aliphatic rings. The molecule has 0 saturated heterocycles. The van der Waals surface area contributed by atoms with E-state index in [0.717, 1.165) is 5.76 Å². The number of rotatable bonds is 3. The van der Waals surface area contributed by atoms with Gasteiger partial charge in [-0.3, -0.25) is 4.79 Å². The van der Waals surface area contributed by atoms with Crippen molar-refractivity contribution < 1.29 is 9.21 Å². The molecule has 0 saturated carbocycles. The topological polar surface area (TPSA) is 42.2 Å². The summed E-state index contributed by atoms with van der Waals surface area (Å²) in [5.41, 5.74) is 5.94. The smallest absolute Gasteiger partial charge is 0.286 e. The lowest BCUT2D eigenvalue weighted by molar-refractivity contribution is 0.0934. The summed E-state index contributed by atoms with van der Waals surface area (Å²) in [5.74, 6) is 1.01. The molecule has 1 amide bonds. The maximum atomic E-state index is 11.7. The van der Waals surface area contributed by atoms with Gasteiger partial charge in [-0.1, -0.05) is 39.8 Å². The zero-order valence-corrected chi connectivity index (χ0v) is 16.2. The Morgan fingerprint density at radius 1 is 1.08 bits per heavy atom. The molecule has 3 rings (SSSR count). The molecule has 1 aliphatic carbocycles. The van der Waals surface area contributed by atoms with Crippen LogP contribution in [0.4, 0.5) is 0 Å². The number of amides is 1. The molecule has 1 aromatic heterocycles. The highest BCUT2D eigenvalue weighted by molar-refractivity contribution is 5.91. The summed E-state index contributed by atoms with van der Waals surface area (Å²) in [6.45, 7) is 11.6. The van der Waals surface area contributed by atoms with Crippen molar-refractivity contribution in [3.63, 3.8) is 0 Å². The first kappa shape index (κ1) is 17.8. The van der Waals surface area contributed by atoms with Crippen molar-refractivity contribution in [3.8, 4) is 0 Å². The van der Waals surface area contributed by atoms with Gasteiger partial charge in [-0.05, 0) is 65.0 Å². The molecule has 134 valence electrons. The Kier molecular flexibility index (Phi) is 4.30. The van der Waals surface area contributed by atoms with Crippen LogP contribution in [0.25, 0.3) is 0 Å². The summed E-state index contributed by atoms with van der Waals surface area (Å²) >= 11 is 0. The van der Waals surface area contributed by atoms with Gasteiger partial charge in [0.25, 0.3) is 5.91 Å². The highest BCUT2D eigenvalue weighted by atomic mass is 16.3. The molecule has 1 aromatic carbocycles. The number of furan rings is 1. The van der Waals surface area contributed by atoms with Crippen LogP contribution in [-0.4, -0.2) is 13.0 Å². The van der Waals surface area contributed by atoms with Crippen molar-refractivity contribution in [2.75, 3.05) is 7.05 Å². The number of carbonyl (C=O) groups excluding carboxylic acids is 1. The quantitative estimate of drug-likeness (QED) is 0.865. The first-order valence-corrected chi connectivity index (χ1v) is 9.09. The van der Waals surface area contributed by atoms with E-state index in [-0.39, 0.29) is 16.7 Å². The lowest BCUT2D eigenvalue weighted by Crippen LogP contribution is -2.34. The molecule has 0 fully saturated rings. The van der Waals surface area contributed by atoms with E-state index in [1.807, 2.05) is 6.07 Å². The number of hydrogen-bond donors (Lipinski definition) is 1. The number of nitrogens with one attached hydrogen (secondary N) is 1. The van der Waals surface area contributed by atoms with Gasteiger partial charge < -0.3 is 9.73 Å². The van der Waals surface area contributed by atoms with Gasteiger partial charge in [-0.25, -0.2) is 0 Å². The minimum atomic E-state index is -0.184. The Balaban J connectivity index is 1.98. The van der Waals surface area contributed by atoms with Gasteiger partial charge in [-0.2, -0.15) is 0 Å². The number of aryl methyl sites for hydroxylation is 1. The monoisotopic (exact) mass is 339 g/mol. The second kappa shape index (κ2) is 6.05. The molecule has 1 heterocycles. The van der Waals surface area contributed by atoms with Crippen molar-refractivity contribution in [1.29, 1.82) is 0 Å². The van der Waals surface area contributed by atoms with Crippen molar-refractivity contribution >= 4 is 5.91 Å². The van der Waals surface area contributed by atoms with E-state index in [0.29, 0.717) is 12.2 Å². The number of hydrogen-bond acceptors (Lipinski definition) is 2. The number of fused-ring (bicyclic) bond motifs is 1. The summed E-state index contributed by atoms with van der Waals surface area (Å²) in [6.07, 6.45) is 3.14. The van der Waals surface area contributed by atoms with Gasteiger partial charge >= 0.3 is 0 Å². The van der Waals surface area contributed by atoms with Crippen molar-refractivity contribution in [2.45, 2.75) is 64.7 Å². The van der Waals surface area contributed by atoms with Gasteiger partial charge in [-0.15, -0.1) is 0 Å². The van der Waals surface area contributed by atoms with Crippen LogP contribution in [0.15, 0.2) is 28.7 Å². The van der Waals surface area contributed by atoms with Crippen LogP contribution in [-0.2, 0) is 17.3 Å². The molecule has 0 radical (unpaired) electrons. The lowest BCUT2D eigenvalue weighted by atomic mass is 9.62. The first-order chi connectivity index (χ1) is 11.6. The third kappa shape index (κ3) is 3.24. The molecule has 3 nitrogen and oxygen atoms in total. The van der Waals surface area contributed by atoms with Gasteiger partial charge in [0.1, 0.15) is 5.76 Å². The van der Waals surface area contributed by atoms with E-state index in [9.17, 15) is 4.79 Å². The molecule has 2 aromatic rings. The number of benzene rings is 1. The minimum absolute atomic E-state index is 0.184. The van der Waals surface area contributed by atoms with Gasteiger partial charge in [0, 0.05) is 13.5 Å². The maximum absolute atomic E-state index is 11.7. The third-order valence-electron chi connectivity index (χ3n) is 5.79. The second-order valence-corrected chi connectivity index (χ2v) is 8.61. The summed E-state index contributed by atoms with van der Waals surface area (Å²) in [6, 6.07) is 8.38. The predicted octanol–water partition coefficient (Wildman–Crippen LogP) is 4.89. The molecule has 1 N–H and O–H groups in total. The van der Waals surface area contributed by atoms with Crippen LogP contribution in [0.2, 0.25) is 0 Å². The van der Waals surface area contributed by atoms with E-state index >= 15 is 0 Å². The Morgan fingerprint density at radius 3 is 2.28 bits per heavy atom. The lowest BCUT2D eigenvalue weighted by Gasteiger charge is -2.42. The van der Waals surface area contributed by atoms with Gasteiger partial charge in [0.2, 0.25) is 0 Å². The molecule has 3 heteroatoms. The summed E-state index contributed by atoms with van der Waals surface area (Å²) in [7, 11) is 1.61. The SMILES string of the molecule is CNC(=O)c1ccc(Cc2cc3c(cc2C)C(C)(C)CCC3(C)C)o1. The van der Waals surface area contributed by atoms with Crippen molar-refractivity contribution in [1.82, 2.24) is 5.32 Å². The average molecular weight is 339 g/mol. The number of carbonyl (C=O) groups is 1. The Morgan fingerprint density at radius 2 is 1.68 bits per heavy atom. The van der Waals surface area contributed by atoms with E-state index < -0.39 is 0 Å². The zero-order valence-electron chi connectivity index (χ0n) is 16.2. The van der Waals surface area contributed by atoms with Gasteiger partial charge in [0.05, 0.1) is 0 Å². The molecular formula is C22H29NO2. The largest absolute Gasteiger partial charge is 0.456 e. The molecule has 0 spiro atoms. The fourth-order valence-electron chi connectivity index (χ4n) is 3.86. The van der Waals surface area contributed by atoms with Crippen LogP contribution >= 0.6 is 0 Å². The summed E-state index contributed by atoms with van der Waals surface area (Å²) in [4.78, 5) is 11.7. The second-order valence-electron chi connectivity index (χ2n) is 8.61. The fraction of sp³-hybridized carbons (Fsp3) is 0.500. The van der Waals surface area contributed by atoms with Crippen molar-refractivity contribution in [2.24, 2.45) is 0 Å². The standard InChI is InChI=1S/C22H29NO2/c1-14-11-17-18(22(4,5)10-9-21(17,2)3)13-15(14)12-16-7-8-19(25-16)20(24)23-6/h7-8,11,13H,9-10,12H2,1-6H3,(H,23,24). The highest BCUT2D eigenvalue weighted by Gasteiger charge is 2.37. The van der Waals surface area contributed by atoms with Crippen LogP contribution in [0.3, 0.4) is 0 Å². The first-order valence-electron chi connectivity index (χ1n) is 9.09. The average Bonchev–Trinajstić information content (AvgIpc) is 3.01. The molecular weight excluding hydrogens is 310 g/mol. The third-order valence-corrected chi connectivity index (χ3v) is 5.79. The zero-order chi connectivity index (χ0) is 18.4. The van der Waals surface area contributed by atoms with E-state index in [2.05, 4.69) is 52.1 Å². The molecule has 0 bridgehead atoms. The van der Waals surface area contributed by atoms with E-state index in [1.165, 1.54) is 35.1 Å². The summed E-state index contributed by atoms with van der Waals surface area (Å²) in [5, 5.41) is 2.60. The molecule has 0 aliphatic heterocycles. The van der Waals surface area contributed by atoms with E-state index in [1.54, 1.807) is 13.1 Å². The van der Waals surface area contributed by atoms with Crippen LogP contribution < -0.4 is 5.32 Å². The normalized spacial score (nSPS) is 17.8. The Bertz CT molecular complexity index is 811. The maximum Gasteiger partial charge on any atom is 0.286 e. The van der Waals surface area contributed by atoms with E-state index in [4.69, 9.17) is 4.42 Å². The predicted molar refractivity (Wildman–Crippen MR) is 101 cm³/mol. The molecule has 0 atom stereocenters.